The summed E-state index contributed by atoms with van der Waals surface area (Å²) >= 11 is 0. The van der Waals surface area contributed by atoms with Crippen molar-refractivity contribution in [3.8, 4) is 0 Å². The van der Waals surface area contributed by atoms with E-state index in [0.29, 0.717) is 30.0 Å². The average molecular weight is 499 g/mol. The molecule has 9 heteroatoms. The smallest absolute Gasteiger partial charge is 0.247 e. The number of amides is 2. The Balaban J connectivity index is 1.57. The number of benzene rings is 2. The first-order chi connectivity index (χ1) is 16.7. The Kier molecular flexibility index (Phi) is 7.19. The molecule has 4 rings (SSSR count). The number of rotatable bonds is 7. The first-order valence-electron chi connectivity index (χ1n) is 12.3. The third-order valence-electron chi connectivity index (χ3n) is 6.98. The fourth-order valence-electron chi connectivity index (χ4n) is 5.05. The van der Waals surface area contributed by atoms with Crippen molar-refractivity contribution in [2.45, 2.75) is 57.9 Å². The summed E-state index contributed by atoms with van der Waals surface area (Å²) in [7, 11) is -3.58. The van der Waals surface area contributed by atoms with Crippen LogP contribution in [0.5, 0.6) is 0 Å². The topological polar surface area (TPSA) is 90.0 Å². The molecule has 2 aromatic carbocycles. The second kappa shape index (κ2) is 9.99. The Bertz CT molecular complexity index is 1230. The maximum absolute atomic E-state index is 13.3. The molecule has 1 saturated heterocycles. The highest BCUT2D eigenvalue weighted by Gasteiger charge is 2.38. The van der Waals surface area contributed by atoms with Crippen LogP contribution in [-0.2, 0) is 26.0 Å². The van der Waals surface area contributed by atoms with Gasteiger partial charge in [0.2, 0.25) is 21.8 Å². The minimum atomic E-state index is -3.58. The number of nitrogens with one attached hydrogen (secondary N) is 1. The Labute approximate surface area is 207 Å². The van der Waals surface area contributed by atoms with Gasteiger partial charge < -0.3 is 10.2 Å². The summed E-state index contributed by atoms with van der Waals surface area (Å²) in [5.41, 5.74) is 4.01. The predicted octanol–water partition coefficient (Wildman–Crippen LogP) is 3.54. The van der Waals surface area contributed by atoms with Gasteiger partial charge in [-0.3, -0.25) is 14.5 Å². The predicted molar refractivity (Wildman–Crippen MR) is 138 cm³/mol. The van der Waals surface area contributed by atoms with Gasteiger partial charge in [0.15, 0.2) is 0 Å². The van der Waals surface area contributed by atoms with Gasteiger partial charge in [0.25, 0.3) is 0 Å². The minimum absolute atomic E-state index is 0.213. The van der Waals surface area contributed by atoms with Crippen molar-refractivity contribution >= 4 is 38.9 Å². The number of hydrogen-bond acceptors (Lipinski definition) is 5. The zero-order valence-corrected chi connectivity index (χ0v) is 21.7. The van der Waals surface area contributed by atoms with Crippen LogP contribution in [-0.4, -0.2) is 56.8 Å². The van der Waals surface area contributed by atoms with Crippen molar-refractivity contribution in [3.63, 3.8) is 0 Å². The van der Waals surface area contributed by atoms with Crippen LogP contribution in [0.3, 0.4) is 0 Å². The normalized spacial score (nSPS) is 17.9. The van der Waals surface area contributed by atoms with E-state index >= 15 is 0 Å². The molecule has 0 spiro atoms. The largest absolute Gasteiger partial charge is 0.372 e. The average Bonchev–Trinajstić information content (AvgIpc) is 3.50. The molecule has 8 nitrogen and oxygen atoms in total. The number of nitrogens with zero attached hydrogens (tertiary/aromatic N) is 3. The number of carbonyl (C=O) groups excluding carboxylic acids is 2. The number of sulfonamides is 1. The van der Waals surface area contributed by atoms with Crippen LogP contribution < -0.4 is 15.1 Å². The molecule has 1 atom stereocenters. The van der Waals surface area contributed by atoms with E-state index in [9.17, 15) is 18.0 Å². The summed E-state index contributed by atoms with van der Waals surface area (Å²) in [5, 5.41) is 2.99. The van der Waals surface area contributed by atoms with E-state index in [-0.39, 0.29) is 23.1 Å². The molecule has 0 aromatic heterocycles. The third-order valence-corrected chi connectivity index (χ3v) is 8.87. The van der Waals surface area contributed by atoms with E-state index in [4.69, 9.17) is 0 Å². The fraction of sp³-hybridized carbons (Fsp3) is 0.462. The summed E-state index contributed by atoms with van der Waals surface area (Å²) in [4.78, 5) is 29.8. The molecule has 2 amide bonds. The van der Waals surface area contributed by atoms with E-state index in [1.165, 1.54) is 16.1 Å². The molecule has 0 aliphatic carbocycles. The van der Waals surface area contributed by atoms with Crippen LogP contribution in [0.1, 0.15) is 44.7 Å². The molecule has 2 heterocycles. The van der Waals surface area contributed by atoms with Gasteiger partial charge in [0.1, 0.15) is 6.04 Å². The van der Waals surface area contributed by atoms with Crippen molar-refractivity contribution in [2.24, 2.45) is 0 Å². The highest BCUT2D eigenvalue weighted by molar-refractivity contribution is 7.89. The van der Waals surface area contributed by atoms with Crippen molar-refractivity contribution in [3.05, 3.63) is 47.5 Å². The highest BCUT2D eigenvalue weighted by atomic mass is 32.2. The Hall–Kier alpha value is -2.91. The van der Waals surface area contributed by atoms with Gasteiger partial charge in [0, 0.05) is 56.6 Å². The Morgan fingerprint density at radius 1 is 1.06 bits per heavy atom. The van der Waals surface area contributed by atoms with Gasteiger partial charge in [-0.1, -0.05) is 0 Å². The summed E-state index contributed by atoms with van der Waals surface area (Å²) < 4.78 is 27.6. The Morgan fingerprint density at radius 2 is 1.74 bits per heavy atom. The van der Waals surface area contributed by atoms with Crippen LogP contribution in [0.25, 0.3) is 0 Å². The number of hydrogen-bond donors (Lipinski definition) is 1. The van der Waals surface area contributed by atoms with Gasteiger partial charge in [-0.05, 0) is 81.1 Å². The van der Waals surface area contributed by atoms with Crippen LogP contribution in [0.4, 0.5) is 17.1 Å². The zero-order valence-electron chi connectivity index (χ0n) is 20.9. The lowest BCUT2D eigenvalue weighted by molar-refractivity contribution is -0.122. The quantitative estimate of drug-likeness (QED) is 0.631. The molecule has 2 aliphatic rings. The monoisotopic (exact) mass is 498 g/mol. The summed E-state index contributed by atoms with van der Waals surface area (Å²) in [5.74, 6) is -0.549. The maximum atomic E-state index is 13.3. The van der Waals surface area contributed by atoms with E-state index in [1.807, 2.05) is 25.1 Å². The van der Waals surface area contributed by atoms with Crippen molar-refractivity contribution in [1.82, 2.24) is 4.31 Å². The molecule has 0 radical (unpaired) electrons. The van der Waals surface area contributed by atoms with Gasteiger partial charge in [-0.15, -0.1) is 0 Å². The van der Waals surface area contributed by atoms with Crippen molar-refractivity contribution < 1.29 is 18.0 Å². The lowest BCUT2D eigenvalue weighted by Gasteiger charge is -2.25. The van der Waals surface area contributed by atoms with Crippen LogP contribution in [0.2, 0.25) is 0 Å². The number of fused-ring (bicyclic) bond motifs is 1. The van der Waals surface area contributed by atoms with E-state index < -0.39 is 16.1 Å². The molecular weight excluding hydrogens is 464 g/mol. The summed E-state index contributed by atoms with van der Waals surface area (Å²) in [6.07, 6.45) is 1.99. The highest BCUT2D eigenvalue weighted by Crippen LogP contribution is 2.36. The molecule has 2 aliphatic heterocycles. The van der Waals surface area contributed by atoms with Gasteiger partial charge in [-0.2, -0.15) is 4.31 Å². The van der Waals surface area contributed by atoms with Crippen LogP contribution in [0, 0.1) is 6.92 Å². The van der Waals surface area contributed by atoms with E-state index in [2.05, 4.69) is 24.1 Å². The second-order valence-corrected chi connectivity index (χ2v) is 11.1. The molecule has 0 bridgehead atoms. The standard InChI is InChI=1S/C26H34N4O4S/c1-5-28(6-2)21-9-11-23(18(3)15-21)27-26(32)25-17-20-16-22(10-12-24(20)30(25)19(4)31)35(33,34)29-13-7-8-14-29/h9-12,15-16,25H,5-8,13-14,17H2,1-4H3,(H,27,32)/t25-/m1/s1. The summed E-state index contributed by atoms with van der Waals surface area (Å²) in [6.45, 7) is 10.4. The fourth-order valence-corrected chi connectivity index (χ4v) is 6.62. The zero-order chi connectivity index (χ0) is 25.3. The molecule has 35 heavy (non-hydrogen) atoms. The molecule has 1 N–H and O–H groups in total. The second-order valence-electron chi connectivity index (χ2n) is 9.17. The van der Waals surface area contributed by atoms with Crippen molar-refractivity contribution in [1.29, 1.82) is 0 Å². The number of carbonyl (C=O) groups is 2. The minimum Gasteiger partial charge on any atom is -0.372 e. The van der Waals surface area contributed by atoms with Crippen LogP contribution >= 0.6 is 0 Å². The molecule has 0 unspecified atom stereocenters. The SMILES string of the molecule is CCN(CC)c1ccc(NC(=O)[C@H]2Cc3cc(S(=O)(=O)N4CCCC4)ccc3N2C(C)=O)c(C)c1. The maximum Gasteiger partial charge on any atom is 0.247 e. The lowest BCUT2D eigenvalue weighted by Crippen LogP contribution is -2.44. The lowest BCUT2D eigenvalue weighted by atomic mass is 10.1. The van der Waals surface area contributed by atoms with E-state index in [0.717, 1.165) is 37.2 Å². The number of aryl methyl sites for hydroxylation is 1. The van der Waals surface area contributed by atoms with Gasteiger partial charge >= 0.3 is 0 Å². The Morgan fingerprint density at radius 3 is 2.34 bits per heavy atom. The first kappa shape index (κ1) is 25.2. The molecular formula is C26H34N4O4S. The van der Waals surface area contributed by atoms with Gasteiger partial charge in [-0.25, -0.2) is 8.42 Å². The molecule has 1 fully saturated rings. The number of anilines is 3. The van der Waals surface area contributed by atoms with Crippen LogP contribution in [0.15, 0.2) is 41.3 Å². The molecule has 188 valence electrons. The first-order valence-corrected chi connectivity index (χ1v) is 13.7. The van der Waals surface area contributed by atoms with E-state index in [1.54, 1.807) is 18.2 Å². The van der Waals surface area contributed by atoms with Gasteiger partial charge in [0.05, 0.1) is 4.90 Å². The van der Waals surface area contributed by atoms with Crippen molar-refractivity contribution in [2.75, 3.05) is 41.3 Å². The molecule has 0 saturated carbocycles. The third kappa shape index (κ3) is 4.79. The molecule has 2 aromatic rings. The summed E-state index contributed by atoms with van der Waals surface area (Å²) in [6, 6.07) is 9.99.